The summed E-state index contributed by atoms with van der Waals surface area (Å²) in [6, 6.07) is 20.5. The molecule has 5 rings (SSSR count). The Morgan fingerprint density at radius 3 is 2.29 bits per heavy atom. The number of hydrogen-bond donors (Lipinski definition) is 0. The first-order valence-electron chi connectivity index (χ1n) is 9.80. The fraction of sp³-hybridized carbons (Fsp3) is 0.120. The maximum atomic E-state index is 13.5. The molecule has 31 heavy (non-hydrogen) atoms. The molecule has 0 radical (unpaired) electrons. The molecule has 0 saturated carbocycles. The smallest absolute Gasteiger partial charge is 0.291 e. The predicted molar refractivity (Wildman–Crippen MR) is 127 cm³/mol. The van der Waals surface area contributed by atoms with Gasteiger partial charge < -0.3 is 9.32 Å². The van der Waals surface area contributed by atoms with Crippen LogP contribution in [0.2, 0.25) is 0 Å². The van der Waals surface area contributed by atoms with Crippen LogP contribution in [0.15, 0.2) is 84.9 Å². The molecule has 4 nitrogen and oxygen atoms in total. The number of benzene rings is 3. The standard InChI is InChI=1S/C25H17Br2NO3/c1-14-2-4-15(5-3-14)13-28-22(16-6-8-17(26)9-7-16)21-23(29)19-12-18(27)10-11-20(19)31-24(21)25(28)30/h2-12,22H,13H2,1H3. The van der Waals surface area contributed by atoms with Crippen molar-refractivity contribution in [2.75, 3.05) is 0 Å². The molecule has 0 spiro atoms. The second kappa shape index (κ2) is 7.77. The second-order valence-corrected chi connectivity index (χ2v) is 9.52. The Morgan fingerprint density at radius 2 is 1.58 bits per heavy atom. The van der Waals surface area contributed by atoms with Gasteiger partial charge in [0.05, 0.1) is 17.0 Å². The first-order chi connectivity index (χ1) is 14.9. The van der Waals surface area contributed by atoms with Gasteiger partial charge in [-0.2, -0.15) is 0 Å². The van der Waals surface area contributed by atoms with Gasteiger partial charge in [-0.3, -0.25) is 9.59 Å². The summed E-state index contributed by atoms with van der Waals surface area (Å²) in [6.07, 6.45) is 0. The molecule has 1 aromatic heterocycles. The number of carbonyl (C=O) groups excluding carboxylic acids is 1. The van der Waals surface area contributed by atoms with Crippen molar-refractivity contribution in [3.05, 3.63) is 114 Å². The van der Waals surface area contributed by atoms with Crippen molar-refractivity contribution in [3.63, 3.8) is 0 Å². The highest BCUT2D eigenvalue weighted by Crippen LogP contribution is 2.39. The Morgan fingerprint density at radius 1 is 0.903 bits per heavy atom. The number of hydrogen-bond acceptors (Lipinski definition) is 3. The lowest BCUT2D eigenvalue weighted by atomic mass is 9.98. The normalized spacial score (nSPS) is 15.5. The van der Waals surface area contributed by atoms with Crippen molar-refractivity contribution in [2.24, 2.45) is 0 Å². The van der Waals surface area contributed by atoms with Crippen LogP contribution in [0.5, 0.6) is 0 Å². The fourth-order valence-corrected chi connectivity index (χ4v) is 4.66. The molecule has 0 fully saturated rings. The number of carbonyl (C=O) groups is 1. The largest absolute Gasteiger partial charge is 0.450 e. The minimum atomic E-state index is -0.517. The van der Waals surface area contributed by atoms with Crippen LogP contribution in [-0.2, 0) is 6.54 Å². The molecular weight excluding hydrogens is 522 g/mol. The van der Waals surface area contributed by atoms with Gasteiger partial charge in [0.25, 0.3) is 5.91 Å². The first kappa shape index (κ1) is 20.2. The summed E-state index contributed by atoms with van der Waals surface area (Å²) in [6.45, 7) is 2.40. The average molecular weight is 539 g/mol. The summed E-state index contributed by atoms with van der Waals surface area (Å²) in [5.74, 6) is -0.148. The third-order valence-electron chi connectivity index (χ3n) is 5.59. The summed E-state index contributed by atoms with van der Waals surface area (Å²) in [5.41, 5.74) is 3.64. The van der Waals surface area contributed by atoms with Gasteiger partial charge in [0.2, 0.25) is 5.76 Å². The summed E-state index contributed by atoms with van der Waals surface area (Å²) in [7, 11) is 0. The average Bonchev–Trinajstić information content (AvgIpc) is 3.03. The van der Waals surface area contributed by atoms with Gasteiger partial charge in [0.15, 0.2) is 5.43 Å². The lowest BCUT2D eigenvalue weighted by Gasteiger charge is -2.25. The van der Waals surface area contributed by atoms with Crippen LogP contribution in [0, 0.1) is 6.92 Å². The molecule has 4 aromatic rings. The third-order valence-corrected chi connectivity index (χ3v) is 6.61. The third kappa shape index (κ3) is 3.54. The second-order valence-electron chi connectivity index (χ2n) is 7.69. The number of rotatable bonds is 3. The highest BCUT2D eigenvalue weighted by molar-refractivity contribution is 9.10. The molecule has 2 heterocycles. The predicted octanol–water partition coefficient (Wildman–Crippen LogP) is 6.37. The quantitative estimate of drug-likeness (QED) is 0.304. The molecule has 6 heteroatoms. The van der Waals surface area contributed by atoms with Crippen molar-refractivity contribution >= 4 is 48.7 Å². The van der Waals surface area contributed by atoms with Crippen LogP contribution in [0.1, 0.15) is 38.9 Å². The van der Waals surface area contributed by atoms with Crippen LogP contribution in [-0.4, -0.2) is 10.8 Å². The number of nitrogens with zero attached hydrogens (tertiary/aromatic N) is 1. The number of fused-ring (bicyclic) bond motifs is 2. The highest BCUT2D eigenvalue weighted by atomic mass is 79.9. The molecule has 3 aromatic carbocycles. The van der Waals surface area contributed by atoms with E-state index in [4.69, 9.17) is 4.42 Å². The zero-order chi connectivity index (χ0) is 21.7. The summed E-state index contributed by atoms with van der Waals surface area (Å²) in [5, 5.41) is 0.459. The van der Waals surface area contributed by atoms with Crippen molar-refractivity contribution in [1.82, 2.24) is 4.90 Å². The van der Waals surface area contributed by atoms with Gasteiger partial charge in [-0.05, 0) is 48.4 Å². The van der Waals surface area contributed by atoms with Gasteiger partial charge in [0.1, 0.15) is 5.58 Å². The lowest BCUT2D eigenvalue weighted by Crippen LogP contribution is -2.29. The Balaban J connectivity index is 1.72. The van der Waals surface area contributed by atoms with Crippen molar-refractivity contribution in [1.29, 1.82) is 0 Å². The minimum absolute atomic E-state index is 0.125. The van der Waals surface area contributed by atoms with Crippen LogP contribution in [0.25, 0.3) is 11.0 Å². The van der Waals surface area contributed by atoms with E-state index in [2.05, 4.69) is 31.9 Å². The van der Waals surface area contributed by atoms with Crippen LogP contribution < -0.4 is 5.43 Å². The van der Waals surface area contributed by atoms with E-state index in [9.17, 15) is 9.59 Å². The molecule has 1 aliphatic rings. The van der Waals surface area contributed by atoms with E-state index in [0.717, 1.165) is 25.6 Å². The monoisotopic (exact) mass is 537 g/mol. The van der Waals surface area contributed by atoms with E-state index in [1.807, 2.05) is 55.5 Å². The van der Waals surface area contributed by atoms with Gasteiger partial charge >= 0.3 is 0 Å². The number of aryl methyl sites for hydroxylation is 1. The van der Waals surface area contributed by atoms with E-state index in [0.29, 0.717) is 23.1 Å². The fourth-order valence-electron chi connectivity index (χ4n) is 4.04. The Bertz CT molecular complexity index is 1380. The maximum absolute atomic E-state index is 13.5. The van der Waals surface area contributed by atoms with Gasteiger partial charge in [0, 0.05) is 15.5 Å². The van der Waals surface area contributed by atoms with Crippen LogP contribution in [0.4, 0.5) is 0 Å². The maximum Gasteiger partial charge on any atom is 0.291 e. The lowest BCUT2D eigenvalue weighted by molar-refractivity contribution is 0.0714. The SMILES string of the molecule is Cc1ccc(CN2C(=O)c3oc4ccc(Br)cc4c(=O)c3C2c2ccc(Br)cc2)cc1. The zero-order valence-electron chi connectivity index (χ0n) is 16.6. The van der Waals surface area contributed by atoms with Crippen molar-refractivity contribution in [3.8, 4) is 0 Å². The van der Waals surface area contributed by atoms with Gasteiger partial charge in [-0.15, -0.1) is 0 Å². The summed E-state index contributed by atoms with van der Waals surface area (Å²) >= 11 is 6.89. The summed E-state index contributed by atoms with van der Waals surface area (Å²) in [4.78, 5) is 28.7. The van der Waals surface area contributed by atoms with Crippen LogP contribution >= 0.6 is 31.9 Å². The van der Waals surface area contributed by atoms with E-state index in [-0.39, 0.29) is 17.1 Å². The first-order valence-corrected chi connectivity index (χ1v) is 11.4. The van der Waals surface area contributed by atoms with E-state index >= 15 is 0 Å². The molecule has 154 valence electrons. The Labute approximate surface area is 195 Å². The minimum Gasteiger partial charge on any atom is -0.450 e. The van der Waals surface area contributed by atoms with E-state index in [1.165, 1.54) is 0 Å². The molecule has 1 aliphatic heterocycles. The molecule has 0 N–H and O–H groups in total. The molecule has 0 bridgehead atoms. The highest BCUT2D eigenvalue weighted by Gasteiger charge is 2.42. The van der Waals surface area contributed by atoms with Gasteiger partial charge in [-0.1, -0.05) is 73.8 Å². The molecular formula is C25H17Br2NO3. The molecule has 0 saturated heterocycles. The zero-order valence-corrected chi connectivity index (χ0v) is 19.7. The number of halogens is 2. The Kier molecular flexibility index (Phi) is 5.07. The van der Waals surface area contributed by atoms with Gasteiger partial charge in [-0.25, -0.2) is 0 Å². The molecule has 1 atom stereocenters. The molecule has 1 unspecified atom stereocenters. The summed E-state index contributed by atoms with van der Waals surface area (Å²) < 4.78 is 7.71. The van der Waals surface area contributed by atoms with Crippen LogP contribution in [0.3, 0.4) is 0 Å². The van der Waals surface area contributed by atoms with Crippen molar-refractivity contribution in [2.45, 2.75) is 19.5 Å². The molecule has 1 amide bonds. The molecule has 0 aliphatic carbocycles. The number of amides is 1. The van der Waals surface area contributed by atoms with Crippen molar-refractivity contribution < 1.29 is 9.21 Å². The van der Waals surface area contributed by atoms with E-state index < -0.39 is 6.04 Å². The Hall–Kier alpha value is -2.70. The topological polar surface area (TPSA) is 50.5 Å². The van der Waals surface area contributed by atoms with E-state index in [1.54, 1.807) is 23.1 Å².